The molecule has 1 rings (SSSR count). The van der Waals surface area contributed by atoms with E-state index >= 15 is 0 Å². The Bertz CT molecular complexity index is 142. The SMILES string of the molecule is COCCN(CCOC)C[C@@H]1CCCN1. The van der Waals surface area contributed by atoms with Crippen molar-refractivity contribution >= 4 is 0 Å². The number of ether oxygens (including phenoxy) is 2. The van der Waals surface area contributed by atoms with Crippen molar-refractivity contribution in [3.05, 3.63) is 0 Å². The summed E-state index contributed by atoms with van der Waals surface area (Å²) in [6, 6.07) is 0.665. The second-order valence-corrected chi connectivity index (χ2v) is 4.08. The highest BCUT2D eigenvalue weighted by Gasteiger charge is 2.17. The smallest absolute Gasteiger partial charge is 0.0589 e. The van der Waals surface area contributed by atoms with Crippen molar-refractivity contribution in [3.63, 3.8) is 0 Å². The van der Waals surface area contributed by atoms with Gasteiger partial charge in [0.15, 0.2) is 0 Å². The first-order valence-electron chi connectivity index (χ1n) is 5.80. The molecule has 0 unspecified atom stereocenters. The van der Waals surface area contributed by atoms with E-state index in [4.69, 9.17) is 9.47 Å². The molecule has 0 radical (unpaired) electrons. The van der Waals surface area contributed by atoms with Gasteiger partial charge in [-0.3, -0.25) is 4.90 Å². The third-order valence-electron chi connectivity index (χ3n) is 2.86. The molecule has 1 heterocycles. The lowest BCUT2D eigenvalue weighted by Gasteiger charge is -2.24. The van der Waals surface area contributed by atoms with Crippen LogP contribution in [0.2, 0.25) is 0 Å². The second-order valence-electron chi connectivity index (χ2n) is 4.08. The Kier molecular flexibility index (Phi) is 6.92. The zero-order chi connectivity index (χ0) is 10.9. The molecule has 0 spiro atoms. The standard InChI is InChI=1S/C11H24N2O2/c1-14-8-6-13(7-9-15-2)10-11-4-3-5-12-11/h11-12H,3-10H2,1-2H3/t11-/m0/s1. The van der Waals surface area contributed by atoms with Crippen molar-refractivity contribution in [1.82, 2.24) is 10.2 Å². The molecule has 1 atom stereocenters. The Morgan fingerprint density at radius 1 is 1.20 bits per heavy atom. The molecule has 0 amide bonds. The number of methoxy groups -OCH3 is 2. The van der Waals surface area contributed by atoms with Crippen LogP contribution >= 0.6 is 0 Å². The van der Waals surface area contributed by atoms with Gasteiger partial charge in [0, 0.05) is 39.9 Å². The molecule has 0 saturated carbocycles. The van der Waals surface area contributed by atoms with Crippen LogP contribution in [-0.4, -0.2) is 64.6 Å². The van der Waals surface area contributed by atoms with Crippen molar-refractivity contribution < 1.29 is 9.47 Å². The molecule has 15 heavy (non-hydrogen) atoms. The maximum atomic E-state index is 5.11. The molecule has 90 valence electrons. The Hall–Kier alpha value is -0.160. The van der Waals surface area contributed by atoms with Gasteiger partial charge >= 0.3 is 0 Å². The van der Waals surface area contributed by atoms with Gasteiger partial charge in [0.25, 0.3) is 0 Å². The highest BCUT2D eigenvalue weighted by molar-refractivity contribution is 4.77. The van der Waals surface area contributed by atoms with Gasteiger partial charge in [-0.05, 0) is 19.4 Å². The van der Waals surface area contributed by atoms with Gasteiger partial charge in [0.1, 0.15) is 0 Å². The van der Waals surface area contributed by atoms with E-state index in [0.29, 0.717) is 6.04 Å². The molecule has 0 aromatic rings. The summed E-state index contributed by atoms with van der Waals surface area (Å²) in [6.45, 7) is 5.89. The number of hydrogen-bond acceptors (Lipinski definition) is 4. The Balaban J connectivity index is 2.19. The maximum Gasteiger partial charge on any atom is 0.0589 e. The molecule has 0 aliphatic carbocycles. The Morgan fingerprint density at radius 2 is 1.87 bits per heavy atom. The molecule has 1 aliphatic rings. The lowest BCUT2D eigenvalue weighted by atomic mass is 10.2. The van der Waals surface area contributed by atoms with E-state index in [9.17, 15) is 0 Å². The largest absolute Gasteiger partial charge is 0.383 e. The quantitative estimate of drug-likeness (QED) is 0.634. The number of rotatable bonds is 8. The van der Waals surface area contributed by atoms with Crippen molar-refractivity contribution in [3.8, 4) is 0 Å². The molecule has 1 N–H and O–H groups in total. The minimum Gasteiger partial charge on any atom is -0.383 e. The van der Waals surface area contributed by atoms with Gasteiger partial charge in [-0.1, -0.05) is 0 Å². The van der Waals surface area contributed by atoms with Gasteiger partial charge in [0.2, 0.25) is 0 Å². The monoisotopic (exact) mass is 216 g/mol. The van der Waals surface area contributed by atoms with Crippen LogP contribution in [0.4, 0.5) is 0 Å². The fraction of sp³-hybridized carbons (Fsp3) is 1.00. The maximum absolute atomic E-state index is 5.11. The van der Waals surface area contributed by atoms with E-state index in [1.54, 1.807) is 14.2 Å². The van der Waals surface area contributed by atoms with E-state index in [2.05, 4.69) is 10.2 Å². The summed E-state index contributed by atoms with van der Waals surface area (Å²) in [5, 5.41) is 3.52. The molecule has 0 aromatic carbocycles. The highest BCUT2D eigenvalue weighted by Crippen LogP contribution is 2.06. The van der Waals surface area contributed by atoms with Gasteiger partial charge in [-0.15, -0.1) is 0 Å². The topological polar surface area (TPSA) is 33.7 Å². The Morgan fingerprint density at radius 3 is 2.33 bits per heavy atom. The van der Waals surface area contributed by atoms with Crippen molar-refractivity contribution in [1.29, 1.82) is 0 Å². The van der Waals surface area contributed by atoms with E-state index in [1.807, 2.05) is 0 Å². The van der Waals surface area contributed by atoms with Crippen LogP contribution in [0.1, 0.15) is 12.8 Å². The van der Waals surface area contributed by atoms with Crippen LogP contribution in [0.3, 0.4) is 0 Å². The van der Waals surface area contributed by atoms with Crippen LogP contribution < -0.4 is 5.32 Å². The summed E-state index contributed by atoms with van der Waals surface area (Å²) in [5.74, 6) is 0. The fourth-order valence-corrected chi connectivity index (χ4v) is 1.96. The van der Waals surface area contributed by atoms with Crippen LogP contribution in [0, 0.1) is 0 Å². The van der Waals surface area contributed by atoms with Gasteiger partial charge in [0.05, 0.1) is 13.2 Å². The summed E-state index contributed by atoms with van der Waals surface area (Å²) in [6.07, 6.45) is 2.61. The van der Waals surface area contributed by atoms with Crippen LogP contribution in [-0.2, 0) is 9.47 Å². The van der Waals surface area contributed by atoms with Crippen molar-refractivity contribution in [2.45, 2.75) is 18.9 Å². The molecule has 1 aliphatic heterocycles. The fourth-order valence-electron chi connectivity index (χ4n) is 1.96. The third kappa shape index (κ3) is 5.47. The Labute approximate surface area is 92.9 Å². The summed E-state index contributed by atoms with van der Waals surface area (Å²) >= 11 is 0. The zero-order valence-corrected chi connectivity index (χ0v) is 10.00. The van der Waals surface area contributed by atoms with Crippen LogP contribution in [0.5, 0.6) is 0 Å². The molecule has 4 heteroatoms. The van der Waals surface area contributed by atoms with Crippen LogP contribution in [0.15, 0.2) is 0 Å². The predicted octanol–water partition coefficient (Wildman–Crippen LogP) is 0.333. The number of nitrogens with one attached hydrogen (secondary N) is 1. The molecular weight excluding hydrogens is 192 g/mol. The van der Waals surface area contributed by atoms with E-state index < -0.39 is 0 Å². The molecule has 0 bridgehead atoms. The second kappa shape index (κ2) is 8.05. The number of nitrogens with zero attached hydrogens (tertiary/aromatic N) is 1. The summed E-state index contributed by atoms with van der Waals surface area (Å²) < 4.78 is 10.2. The van der Waals surface area contributed by atoms with Gasteiger partial charge < -0.3 is 14.8 Å². The average molecular weight is 216 g/mol. The first-order chi connectivity index (χ1) is 7.36. The third-order valence-corrected chi connectivity index (χ3v) is 2.86. The van der Waals surface area contributed by atoms with Crippen molar-refractivity contribution in [2.24, 2.45) is 0 Å². The van der Waals surface area contributed by atoms with Gasteiger partial charge in [-0.2, -0.15) is 0 Å². The highest BCUT2D eigenvalue weighted by atomic mass is 16.5. The molecule has 1 saturated heterocycles. The molecule has 4 nitrogen and oxygen atoms in total. The lowest BCUT2D eigenvalue weighted by Crippen LogP contribution is -2.40. The zero-order valence-electron chi connectivity index (χ0n) is 10.00. The molecular formula is C11H24N2O2. The minimum atomic E-state index is 0.665. The normalized spacial score (nSPS) is 21.4. The summed E-state index contributed by atoms with van der Waals surface area (Å²) in [7, 11) is 3.50. The number of hydrogen-bond donors (Lipinski definition) is 1. The van der Waals surface area contributed by atoms with E-state index in [0.717, 1.165) is 32.8 Å². The van der Waals surface area contributed by atoms with Crippen molar-refractivity contribution in [2.75, 3.05) is 53.6 Å². The van der Waals surface area contributed by atoms with Crippen LogP contribution in [0.25, 0.3) is 0 Å². The van der Waals surface area contributed by atoms with E-state index in [1.165, 1.54) is 19.4 Å². The summed E-state index contributed by atoms with van der Waals surface area (Å²) in [4.78, 5) is 2.41. The predicted molar refractivity (Wildman–Crippen MR) is 61.2 cm³/mol. The van der Waals surface area contributed by atoms with Gasteiger partial charge in [-0.25, -0.2) is 0 Å². The average Bonchev–Trinajstić information content (AvgIpc) is 2.74. The van der Waals surface area contributed by atoms with E-state index in [-0.39, 0.29) is 0 Å². The first kappa shape index (κ1) is 12.9. The minimum absolute atomic E-state index is 0.665. The summed E-state index contributed by atoms with van der Waals surface area (Å²) in [5.41, 5.74) is 0. The molecule has 0 aromatic heterocycles. The molecule has 1 fully saturated rings. The first-order valence-corrected chi connectivity index (χ1v) is 5.80. The lowest BCUT2D eigenvalue weighted by molar-refractivity contribution is 0.109.